The summed E-state index contributed by atoms with van der Waals surface area (Å²) in [6.45, 7) is 5.02. The molecule has 0 radical (unpaired) electrons. The maximum Gasteiger partial charge on any atom is 0.0106 e. The molecule has 0 bridgehead atoms. The van der Waals surface area contributed by atoms with Gasteiger partial charge in [-0.25, -0.2) is 0 Å². The number of rotatable bonds is 5. The first-order valence-electron chi connectivity index (χ1n) is 4.33. The zero-order chi connectivity index (χ0) is 8.53. The molecule has 1 unspecified atom stereocenters. The minimum absolute atomic E-state index is 0. The van der Waals surface area contributed by atoms with E-state index in [0.717, 1.165) is 12.8 Å². The number of nitrogens with two attached hydrogens (primary N) is 1. The minimum atomic E-state index is 0. The van der Waals surface area contributed by atoms with Crippen LogP contribution in [0.1, 0.15) is 26.7 Å². The molecular formula is C10H21NO. The van der Waals surface area contributed by atoms with Crippen molar-refractivity contribution in [1.82, 2.24) is 0 Å². The van der Waals surface area contributed by atoms with Gasteiger partial charge in [-0.3, -0.25) is 0 Å². The summed E-state index contributed by atoms with van der Waals surface area (Å²) in [7, 11) is 0. The van der Waals surface area contributed by atoms with Gasteiger partial charge in [0.15, 0.2) is 0 Å². The molecule has 0 heterocycles. The lowest BCUT2D eigenvalue weighted by molar-refractivity contribution is 0.739. The van der Waals surface area contributed by atoms with Gasteiger partial charge >= 0.3 is 0 Å². The second-order valence-electron chi connectivity index (χ2n) is 2.76. The van der Waals surface area contributed by atoms with E-state index in [1.807, 2.05) is 6.08 Å². The van der Waals surface area contributed by atoms with Crippen molar-refractivity contribution in [3.8, 4) is 0 Å². The molecule has 0 fully saturated rings. The molecule has 0 spiro atoms. The van der Waals surface area contributed by atoms with Crippen LogP contribution in [-0.4, -0.2) is 12.0 Å². The van der Waals surface area contributed by atoms with Crippen molar-refractivity contribution in [2.75, 3.05) is 6.54 Å². The zero-order valence-electron chi connectivity index (χ0n) is 8.09. The van der Waals surface area contributed by atoms with E-state index in [4.69, 9.17) is 5.73 Å². The van der Waals surface area contributed by atoms with Crippen LogP contribution in [0.2, 0.25) is 0 Å². The predicted octanol–water partition coefficient (Wildman–Crippen LogP) is 1.67. The second-order valence-corrected chi connectivity index (χ2v) is 2.76. The Balaban J connectivity index is 0. The Bertz CT molecular complexity index is 130. The first-order chi connectivity index (χ1) is 5.31. The molecule has 0 aliphatic heterocycles. The van der Waals surface area contributed by atoms with Crippen LogP contribution < -0.4 is 5.73 Å². The largest absolute Gasteiger partial charge is 0.412 e. The van der Waals surface area contributed by atoms with Gasteiger partial charge in [-0.05, 0) is 18.8 Å². The Morgan fingerprint density at radius 1 is 1.25 bits per heavy atom. The summed E-state index contributed by atoms with van der Waals surface area (Å²) in [5.41, 5.74) is 5.31. The molecule has 72 valence electrons. The Morgan fingerprint density at radius 2 is 1.92 bits per heavy atom. The van der Waals surface area contributed by atoms with Crippen molar-refractivity contribution in [3.63, 3.8) is 0 Å². The average Bonchev–Trinajstić information content (AvgIpc) is 2.01. The smallest absolute Gasteiger partial charge is 0.0106 e. The highest BCUT2D eigenvalue weighted by molar-refractivity contribution is 4.92. The van der Waals surface area contributed by atoms with Crippen molar-refractivity contribution < 1.29 is 5.48 Å². The monoisotopic (exact) mass is 171 g/mol. The fraction of sp³-hybridized carbons (Fsp3) is 0.600. The molecule has 0 aliphatic carbocycles. The van der Waals surface area contributed by atoms with Gasteiger partial charge in [-0.15, -0.1) is 0 Å². The lowest BCUT2D eigenvalue weighted by atomic mass is 10.1. The average molecular weight is 171 g/mol. The fourth-order valence-electron chi connectivity index (χ4n) is 0.854. The van der Waals surface area contributed by atoms with E-state index in [1.54, 1.807) is 0 Å². The normalized spacial score (nSPS) is 13.6. The molecule has 0 aromatic rings. The fourth-order valence-corrected chi connectivity index (χ4v) is 0.854. The van der Waals surface area contributed by atoms with Crippen LogP contribution in [0, 0.1) is 5.92 Å². The van der Waals surface area contributed by atoms with Gasteiger partial charge in [-0.1, -0.05) is 38.2 Å². The summed E-state index contributed by atoms with van der Waals surface area (Å²) < 4.78 is 0. The van der Waals surface area contributed by atoms with E-state index in [9.17, 15) is 0 Å². The van der Waals surface area contributed by atoms with E-state index < -0.39 is 0 Å². The van der Waals surface area contributed by atoms with E-state index in [-0.39, 0.29) is 5.48 Å². The predicted molar refractivity (Wildman–Crippen MR) is 55.0 cm³/mol. The molecule has 0 aliphatic rings. The maximum absolute atomic E-state index is 5.31. The van der Waals surface area contributed by atoms with Gasteiger partial charge in [0.05, 0.1) is 0 Å². The van der Waals surface area contributed by atoms with Crippen LogP contribution in [-0.2, 0) is 0 Å². The molecule has 0 rings (SSSR count). The molecule has 2 nitrogen and oxygen atoms in total. The number of hydrogen-bond acceptors (Lipinski definition) is 1. The summed E-state index contributed by atoms with van der Waals surface area (Å²) in [4.78, 5) is 0. The molecule has 4 N–H and O–H groups in total. The van der Waals surface area contributed by atoms with Crippen LogP contribution >= 0.6 is 0 Å². The zero-order valence-corrected chi connectivity index (χ0v) is 8.09. The van der Waals surface area contributed by atoms with Gasteiger partial charge in [0.25, 0.3) is 0 Å². The third kappa shape index (κ3) is 9.40. The molecule has 0 aromatic heterocycles. The van der Waals surface area contributed by atoms with Crippen molar-refractivity contribution in [1.29, 1.82) is 0 Å². The standard InChI is InChI=1S/C10H19N.H2O/c1-3-4-7-10(2)8-5-6-9-11;/h4-7,10H,3,8-9,11H2,1-2H3;1H2. The van der Waals surface area contributed by atoms with E-state index >= 15 is 0 Å². The van der Waals surface area contributed by atoms with Gasteiger partial charge in [0.2, 0.25) is 0 Å². The summed E-state index contributed by atoms with van der Waals surface area (Å²) >= 11 is 0. The molecule has 1 atom stereocenters. The first kappa shape index (κ1) is 14.0. The Morgan fingerprint density at radius 3 is 2.42 bits per heavy atom. The third-order valence-electron chi connectivity index (χ3n) is 1.51. The van der Waals surface area contributed by atoms with Crippen LogP contribution in [0.4, 0.5) is 0 Å². The lowest BCUT2D eigenvalue weighted by Crippen LogP contribution is -1.93. The van der Waals surface area contributed by atoms with Crippen molar-refractivity contribution in [2.24, 2.45) is 11.7 Å². The lowest BCUT2D eigenvalue weighted by Gasteiger charge is -1.99. The molecule has 2 heteroatoms. The first-order valence-corrected chi connectivity index (χ1v) is 4.33. The van der Waals surface area contributed by atoms with Crippen LogP contribution in [0.5, 0.6) is 0 Å². The SMILES string of the molecule is CCC=CC(C)CC=CCN.O. The maximum atomic E-state index is 5.31. The van der Waals surface area contributed by atoms with Crippen LogP contribution in [0.25, 0.3) is 0 Å². The number of allylic oxidation sites excluding steroid dienone is 3. The van der Waals surface area contributed by atoms with E-state index in [1.165, 1.54) is 0 Å². The van der Waals surface area contributed by atoms with Crippen molar-refractivity contribution in [2.45, 2.75) is 26.7 Å². The van der Waals surface area contributed by atoms with Crippen LogP contribution in [0.3, 0.4) is 0 Å². The summed E-state index contributed by atoms with van der Waals surface area (Å²) in [5, 5.41) is 0. The van der Waals surface area contributed by atoms with E-state index in [2.05, 4.69) is 32.1 Å². The highest BCUT2D eigenvalue weighted by atomic mass is 16.0. The molecule has 0 aromatic carbocycles. The number of hydrogen-bond donors (Lipinski definition) is 1. The molecule has 12 heavy (non-hydrogen) atoms. The quantitative estimate of drug-likeness (QED) is 0.628. The van der Waals surface area contributed by atoms with Crippen molar-refractivity contribution >= 4 is 0 Å². The minimum Gasteiger partial charge on any atom is -0.412 e. The molecular weight excluding hydrogens is 150 g/mol. The van der Waals surface area contributed by atoms with Gasteiger partial charge < -0.3 is 11.2 Å². The van der Waals surface area contributed by atoms with E-state index in [0.29, 0.717) is 12.5 Å². The summed E-state index contributed by atoms with van der Waals surface area (Å²) in [6.07, 6.45) is 10.8. The Hall–Kier alpha value is -0.600. The highest BCUT2D eigenvalue weighted by Gasteiger charge is 1.90. The topological polar surface area (TPSA) is 57.5 Å². The molecule has 0 amide bonds. The van der Waals surface area contributed by atoms with Gasteiger partial charge in [-0.2, -0.15) is 0 Å². The van der Waals surface area contributed by atoms with Gasteiger partial charge in [0, 0.05) is 6.54 Å². The van der Waals surface area contributed by atoms with Crippen molar-refractivity contribution in [3.05, 3.63) is 24.3 Å². The highest BCUT2D eigenvalue weighted by Crippen LogP contribution is 2.04. The second kappa shape index (κ2) is 10.4. The summed E-state index contributed by atoms with van der Waals surface area (Å²) in [5.74, 6) is 0.651. The summed E-state index contributed by atoms with van der Waals surface area (Å²) in [6, 6.07) is 0. The van der Waals surface area contributed by atoms with Crippen LogP contribution in [0.15, 0.2) is 24.3 Å². The van der Waals surface area contributed by atoms with Gasteiger partial charge in [0.1, 0.15) is 0 Å². The Labute approximate surface area is 75.5 Å². The molecule has 0 saturated heterocycles. The molecule has 0 saturated carbocycles. The third-order valence-corrected chi connectivity index (χ3v) is 1.51. The Kier molecular flexibility index (Phi) is 12.1.